The molecule has 9 rings (SSSR count). The van der Waals surface area contributed by atoms with E-state index in [4.69, 9.17) is 21.5 Å². The molecule has 0 radical (unpaired) electrons. The summed E-state index contributed by atoms with van der Waals surface area (Å²) in [6.45, 7) is 35.3. The lowest BCUT2D eigenvalue weighted by Gasteiger charge is -2.19. The van der Waals surface area contributed by atoms with Crippen LogP contribution >= 0.6 is 0 Å². The predicted molar refractivity (Wildman–Crippen MR) is 260 cm³/mol. The van der Waals surface area contributed by atoms with Crippen LogP contribution in [0.4, 0.5) is 5.69 Å². The Hall–Kier alpha value is -6.58. The van der Waals surface area contributed by atoms with Gasteiger partial charge in [0.1, 0.15) is 0 Å². The van der Waals surface area contributed by atoms with Gasteiger partial charge in [0.15, 0.2) is 17.3 Å². The van der Waals surface area contributed by atoms with E-state index in [-0.39, 0.29) is 21.7 Å². The third kappa shape index (κ3) is 7.04. The van der Waals surface area contributed by atoms with E-state index in [9.17, 15) is 0 Å². The summed E-state index contributed by atoms with van der Waals surface area (Å²) < 4.78 is 4.53. The molecule has 0 unspecified atom stereocenters. The lowest BCUT2D eigenvalue weighted by Crippen LogP contribution is -2.11. The van der Waals surface area contributed by atoms with Gasteiger partial charge >= 0.3 is 0 Å². The van der Waals surface area contributed by atoms with E-state index >= 15 is 0 Å². The summed E-state index contributed by atoms with van der Waals surface area (Å²) in [6, 6.07) is 43.4. The minimum atomic E-state index is -0.0369. The molecular formula is C56H56N6. The second-order valence-electron chi connectivity index (χ2n) is 21.1. The minimum Gasteiger partial charge on any atom is -0.309 e. The van der Waals surface area contributed by atoms with Gasteiger partial charge in [0.05, 0.1) is 34.3 Å². The van der Waals surface area contributed by atoms with Crippen molar-refractivity contribution < 1.29 is 0 Å². The summed E-state index contributed by atoms with van der Waals surface area (Å²) >= 11 is 0. The molecule has 6 aromatic carbocycles. The quantitative estimate of drug-likeness (QED) is 0.166. The maximum Gasteiger partial charge on any atom is 0.238 e. The van der Waals surface area contributed by atoms with E-state index in [1.807, 2.05) is 42.5 Å². The average molecular weight is 813 g/mol. The number of benzene rings is 6. The zero-order chi connectivity index (χ0) is 44.1. The lowest BCUT2D eigenvalue weighted by molar-refractivity contribution is 0.590. The monoisotopic (exact) mass is 812 g/mol. The molecular weight excluding hydrogens is 757 g/mol. The van der Waals surface area contributed by atoms with Crippen LogP contribution in [0.25, 0.3) is 82.9 Å². The van der Waals surface area contributed by atoms with Crippen LogP contribution in [0.3, 0.4) is 0 Å². The van der Waals surface area contributed by atoms with Gasteiger partial charge in [0.25, 0.3) is 0 Å². The van der Waals surface area contributed by atoms with Crippen LogP contribution in [0.2, 0.25) is 0 Å². The van der Waals surface area contributed by atoms with Crippen molar-refractivity contribution in [1.82, 2.24) is 24.1 Å². The van der Waals surface area contributed by atoms with Gasteiger partial charge in [-0.05, 0) is 105 Å². The highest BCUT2D eigenvalue weighted by Gasteiger charge is 2.26. The van der Waals surface area contributed by atoms with Crippen molar-refractivity contribution in [1.29, 1.82) is 0 Å². The smallest absolute Gasteiger partial charge is 0.238 e. The maximum atomic E-state index is 8.17. The molecule has 3 aromatic heterocycles. The van der Waals surface area contributed by atoms with E-state index in [1.54, 1.807) is 0 Å². The molecule has 62 heavy (non-hydrogen) atoms. The molecule has 0 spiro atoms. The van der Waals surface area contributed by atoms with Gasteiger partial charge in [-0.25, -0.2) is 9.83 Å². The van der Waals surface area contributed by atoms with Crippen molar-refractivity contribution >= 4 is 49.3 Å². The third-order valence-corrected chi connectivity index (χ3v) is 12.4. The molecule has 9 aromatic rings. The average Bonchev–Trinajstić information content (AvgIpc) is 3.73. The number of nitrogens with zero attached hydrogens (tertiary/aromatic N) is 6. The van der Waals surface area contributed by atoms with Gasteiger partial charge in [-0.3, -0.25) is 4.57 Å². The van der Waals surface area contributed by atoms with Gasteiger partial charge in [-0.15, -0.1) is 0 Å². The fraction of sp³-hybridized carbons (Fsp3) is 0.286. The largest absolute Gasteiger partial charge is 0.309 e. The highest BCUT2D eigenvalue weighted by atomic mass is 15.2. The van der Waals surface area contributed by atoms with Crippen LogP contribution in [0.5, 0.6) is 0 Å². The third-order valence-electron chi connectivity index (χ3n) is 12.4. The topological polar surface area (TPSA) is 52.9 Å². The number of fused-ring (bicyclic) bond motifs is 6. The molecule has 0 atom stereocenters. The second kappa shape index (κ2) is 14.2. The fourth-order valence-corrected chi connectivity index (χ4v) is 8.66. The van der Waals surface area contributed by atoms with Crippen molar-refractivity contribution in [3.8, 4) is 34.4 Å². The first-order valence-electron chi connectivity index (χ1n) is 21.7. The molecule has 0 bridgehead atoms. The van der Waals surface area contributed by atoms with Gasteiger partial charge < -0.3 is 4.57 Å². The normalized spacial score (nSPS) is 12.8. The van der Waals surface area contributed by atoms with Crippen LogP contribution < -0.4 is 0 Å². The summed E-state index contributed by atoms with van der Waals surface area (Å²) in [6.07, 6.45) is 0. The molecule has 0 saturated heterocycles. The van der Waals surface area contributed by atoms with Gasteiger partial charge in [-0.1, -0.05) is 144 Å². The molecule has 310 valence electrons. The first-order valence-corrected chi connectivity index (χ1v) is 21.7. The summed E-state index contributed by atoms with van der Waals surface area (Å²) in [4.78, 5) is 19.9. The SMILES string of the molecule is [C-]#[N+]c1ccc(-n2c3ccc(C(C)(C)C)cc3c3cc(C(C)(C)C)ccc32)c(-c2nc(-c3ccccc3)nc(-n3c4ccc(C(C)(C)C)cc4c4cc(C(C)(C)C)ccc43)n2)c1. The molecule has 6 nitrogen and oxygen atoms in total. The fourth-order valence-electron chi connectivity index (χ4n) is 8.66. The minimum absolute atomic E-state index is 0.0305. The van der Waals surface area contributed by atoms with E-state index in [2.05, 4.69) is 176 Å². The molecule has 3 heterocycles. The molecule has 0 saturated carbocycles. The maximum absolute atomic E-state index is 8.17. The van der Waals surface area contributed by atoms with Crippen LogP contribution in [0.15, 0.2) is 121 Å². The Bertz CT molecular complexity index is 3130. The Morgan fingerprint density at radius 1 is 0.419 bits per heavy atom. The first-order chi connectivity index (χ1) is 29.2. The van der Waals surface area contributed by atoms with Gasteiger partial charge in [0.2, 0.25) is 5.95 Å². The van der Waals surface area contributed by atoms with Gasteiger partial charge in [-0.2, -0.15) is 9.97 Å². The van der Waals surface area contributed by atoms with Gasteiger partial charge in [0, 0.05) is 32.7 Å². The second-order valence-corrected chi connectivity index (χ2v) is 21.1. The van der Waals surface area contributed by atoms with Crippen molar-refractivity contribution in [2.24, 2.45) is 0 Å². The molecule has 0 aliphatic carbocycles. The van der Waals surface area contributed by atoms with E-state index in [0.717, 1.165) is 49.7 Å². The van der Waals surface area contributed by atoms with Crippen LogP contribution in [-0.4, -0.2) is 24.1 Å². The Kier molecular flexibility index (Phi) is 9.37. The Labute approximate surface area is 366 Å². The predicted octanol–water partition coefficient (Wildman–Crippen LogP) is 15.1. The molecule has 0 N–H and O–H groups in total. The molecule has 6 heteroatoms. The Morgan fingerprint density at radius 2 is 0.823 bits per heavy atom. The number of hydrogen-bond donors (Lipinski definition) is 0. The van der Waals surface area contributed by atoms with Crippen LogP contribution in [0, 0.1) is 6.57 Å². The Morgan fingerprint density at radius 3 is 1.23 bits per heavy atom. The number of aromatic nitrogens is 5. The summed E-state index contributed by atoms with van der Waals surface area (Å²) in [5, 5.41) is 4.70. The summed E-state index contributed by atoms with van der Waals surface area (Å²) in [5.41, 5.74) is 12.2. The lowest BCUT2D eigenvalue weighted by atomic mass is 9.85. The zero-order valence-corrected chi connectivity index (χ0v) is 38.2. The number of rotatable bonds is 4. The van der Waals surface area contributed by atoms with Crippen molar-refractivity contribution in [2.45, 2.75) is 105 Å². The molecule has 0 aliphatic heterocycles. The van der Waals surface area contributed by atoms with E-state index < -0.39 is 0 Å². The highest BCUT2D eigenvalue weighted by Crippen LogP contribution is 2.42. The van der Waals surface area contributed by atoms with Crippen molar-refractivity contribution in [3.63, 3.8) is 0 Å². The van der Waals surface area contributed by atoms with Crippen LogP contribution in [0.1, 0.15) is 105 Å². The van der Waals surface area contributed by atoms with Crippen molar-refractivity contribution in [2.75, 3.05) is 0 Å². The Balaban J connectivity index is 1.38. The zero-order valence-electron chi connectivity index (χ0n) is 38.2. The summed E-state index contributed by atoms with van der Waals surface area (Å²) in [5.74, 6) is 1.57. The standard InChI is InChI=1S/C56H56N6/c1-53(2,3)35-19-24-45-40(29-35)41-30-36(54(4,5)6)20-25-46(41)61(45)49-28-23-39(57-13)33-44(49)51-58-50(34-17-15-14-16-18-34)59-52(60-51)62-47-26-21-37(55(7,8)9)31-42(47)43-32-38(56(10,11)12)22-27-48(43)62/h14-33H,1-12H3. The van der Waals surface area contributed by atoms with E-state index in [1.165, 1.54) is 33.0 Å². The summed E-state index contributed by atoms with van der Waals surface area (Å²) in [7, 11) is 0. The first kappa shape index (κ1) is 40.8. The highest BCUT2D eigenvalue weighted by molar-refractivity contribution is 6.11. The van der Waals surface area contributed by atoms with Crippen LogP contribution in [-0.2, 0) is 21.7 Å². The molecule has 0 aliphatic rings. The van der Waals surface area contributed by atoms with Crippen molar-refractivity contribution in [3.05, 3.63) is 155 Å². The van der Waals surface area contributed by atoms with E-state index in [0.29, 0.717) is 23.3 Å². The molecule has 0 amide bonds. The number of hydrogen-bond acceptors (Lipinski definition) is 3. The molecule has 0 fully saturated rings.